The molecule has 4 heteroatoms. The molecule has 1 N–H and O–H groups in total. The smallest absolute Gasteiger partial charge is 0.0700 e. The molecule has 0 radical (unpaired) electrons. The molecule has 0 heterocycles. The van der Waals surface area contributed by atoms with Crippen LogP contribution in [0.3, 0.4) is 0 Å². The lowest BCUT2D eigenvalue weighted by molar-refractivity contribution is 0.0691. The maximum atomic E-state index is 6.05. The average molecular weight is 250 g/mol. The summed E-state index contributed by atoms with van der Waals surface area (Å²) in [6, 6.07) is 0.675. The average Bonchev–Trinajstić information content (AvgIpc) is 2.30. The van der Waals surface area contributed by atoms with Crippen LogP contribution in [0.5, 0.6) is 0 Å². The van der Waals surface area contributed by atoms with Crippen molar-refractivity contribution < 1.29 is 9.47 Å². The first-order valence-electron chi connectivity index (χ1n) is 6.27. The Morgan fingerprint density at radius 1 is 1.12 bits per heavy atom. The highest BCUT2D eigenvalue weighted by molar-refractivity contribution is 6.20. The fraction of sp³-hybridized carbons (Fsp3) is 1.00. The Balaban J connectivity index is 1.84. The van der Waals surface area contributed by atoms with Crippen LogP contribution in [-0.4, -0.2) is 44.9 Å². The van der Waals surface area contributed by atoms with Gasteiger partial charge in [-0.1, -0.05) is 0 Å². The van der Waals surface area contributed by atoms with Crippen LogP contribution in [0, 0.1) is 0 Å². The van der Waals surface area contributed by atoms with Crippen LogP contribution in [0.4, 0.5) is 0 Å². The number of nitrogens with one attached hydrogen (secondary N) is 1. The van der Waals surface area contributed by atoms with Gasteiger partial charge in [-0.3, -0.25) is 0 Å². The molecule has 96 valence electrons. The van der Waals surface area contributed by atoms with E-state index >= 15 is 0 Å². The Morgan fingerprint density at radius 2 is 1.88 bits per heavy atom. The summed E-state index contributed by atoms with van der Waals surface area (Å²) >= 11 is 6.05. The summed E-state index contributed by atoms with van der Waals surface area (Å²) in [7, 11) is 1.69. The van der Waals surface area contributed by atoms with E-state index in [0.717, 1.165) is 32.4 Å². The molecule has 16 heavy (non-hydrogen) atoms. The molecule has 0 saturated heterocycles. The molecule has 0 amide bonds. The second-order valence-corrected chi connectivity index (χ2v) is 4.98. The fourth-order valence-electron chi connectivity index (χ4n) is 1.98. The molecule has 0 bridgehead atoms. The van der Waals surface area contributed by atoms with E-state index in [4.69, 9.17) is 21.1 Å². The summed E-state index contributed by atoms with van der Waals surface area (Å²) in [6.45, 7) is 3.26. The number of ether oxygens (including phenoxy) is 2. The maximum Gasteiger partial charge on any atom is 0.0700 e. The second-order valence-electron chi connectivity index (χ2n) is 4.36. The van der Waals surface area contributed by atoms with Gasteiger partial charge in [0.1, 0.15) is 0 Å². The topological polar surface area (TPSA) is 30.5 Å². The molecule has 1 aliphatic rings. The third kappa shape index (κ3) is 6.69. The summed E-state index contributed by atoms with van der Waals surface area (Å²) in [5, 5.41) is 3.98. The second kappa shape index (κ2) is 9.23. The van der Waals surface area contributed by atoms with Gasteiger partial charge < -0.3 is 14.8 Å². The van der Waals surface area contributed by atoms with E-state index in [1.54, 1.807) is 7.11 Å². The van der Waals surface area contributed by atoms with Crippen LogP contribution < -0.4 is 5.32 Å². The molecule has 0 unspecified atom stereocenters. The van der Waals surface area contributed by atoms with E-state index in [-0.39, 0.29) is 0 Å². The van der Waals surface area contributed by atoms with Crippen molar-refractivity contribution >= 4 is 11.6 Å². The Labute approximate surface area is 104 Å². The lowest BCUT2D eigenvalue weighted by Gasteiger charge is -2.25. The van der Waals surface area contributed by atoms with Gasteiger partial charge in [0.15, 0.2) is 0 Å². The zero-order valence-electron chi connectivity index (χ0n) is 10.2. The molecule has 0 aromatic carbocycles. The molecule has 3 nitrogen and oxygen atoms in total. The van der Waals surface area contributed by atoms with E-state index < -0.39 is 0 Å². The number of halogens is 1. The quantitative estimate of drug-likeness (QED) is 0.528. The van der Waals surface area contributed by atoms with Crippen LogP contribution in [0.2, 0.25) is 0 Å². The van der Waals surface area contributed by atoms with Gasteiger partial charge >= 0.3 is 0 Å². The molecule has 0 aromatic rings. The van der Waals surface area contributed by atoms with Crippen LogP contribution in [-0.2, 0) is 9.47 Å². The SMILES string of the molecule is COCCOCCCNC1CCC(Cl)CC1. The highest BCUT2D eigenvalue weighted by atomic mass is 35.5. The number of hydrogen-bond donors (Lipinski definition) is 1. The Bertz CT molecular complexity index is 161. The van der Waals surface area contributed by atoms with Crippen LogP contribution in [0.25, 0.3) is 0 Å². The lowest BCUT2D eigenvalue weighted by atomic mass is 9.95. The molecular formula is C12H24ClNO2. The van der Waals surface area contributed by atoms with Crippen LogP contribution >= 0.6 is 11.6 Å². The summed E-state index contributed by atoms with van der Waals surface area (Å²) in [5.74, 6) is 0. The van der Waals surface area contributed by atoms with Crippen LogP contribution in [0.1, 0.15) is 32.1 Å². The minimum absolute atomic E-state index is 0.412. The van der Waals surface area contributed by atoms with E-state index in [0.29, 0.717) is 24.6 Å². The monoisotopic (exact) mass is 249 g/mol. The maximum absolute atomic E-state index is 6.05. The van der Waals surface area contributed by atoms with Gasteiger partial charge in [0.2, 0.25) is 0 Å². The van der Waals surface area contributed by atoms with Gasteiger partial charge in [0, 0.05) is 25.1 Å². The summed E-state index contributed by atoms with van der Waals surface area (Å²) in [6.07, 6.45) is 5.83. The van der Waals surface area contributed by atoms with Crippen molar-refractivity contribution in [3.63, 3.8) is 0 Å². The summed E-state index contributed by atoms with van der Waals surface area (Å²) < 4.78 is 10.3. The van der Waals surface area contributed by atoms with Gasteiger partial charge in [0.25, 0.3) is 0 Å². The first-order chi connectivity index (χ1) is 7.83. The predicted octanol–water partition coefficient (Wildman–Crippen LogP) is 2.18. The van der Waals surface area contributed by atoms with Gasteiger partial charge in [0.05, 0.1) is 13.2 Å². The van der Waals surface area contributed by atoms with Crippen molar-refractivity contribution in [3.05, 3.63) is 0 Å². The third-order valence-electron chi connectivity index (χ3n) is 2.99. The molecule has 1 aliphatic carbocycles. The fourth-order valence-corrected chi connectivity index (χ4v) is 2.23. The largest absolute Gasteiger partial charge is 0.382 e. The van der Waals surface area contributed by atoms with Crippen molar-refractivity contribution in [3.8, 4) is 0 Å². The molecule has 0 aliphatic heterocycles. The predicted molar refractivity (Wildman–Crippen MR) is 67.2 cm³/mol. The molecule has 0 atom stereocenters. The highest BCUT2D eigenvalue weighted by Crippen LogP contribution is 2.22. The van der Waals surface area contributed by atoms with Gasteiger partial charge in [-0.05, 0) is 38.6 Å². The number of rotatable bonds is 8. The molecule has 0 aromatic heterocycles. The van der Waals surface area contributed by atoms with Crippen molar-refractivity contribution in [2.24, 2.45) is 0 Å². The summed E-state index contributed by atoms with van der Waals surface area (Å²) in [5.41, 5.74) is 0. The van der Waals surface area contributed by atoms with Gasteiger partial charge in [-0.2, -0.15) is 0 Å². The standard InChI is InChI=1S/C12H24ClNO2/c1-15-9-10-16-8-2-7-14-12-5-3-11(13)4-6-12/h11-12,14H,2-10H2,1H3. The summed E-state index contributed by atoms with van der Waals surface area (Å²) in [4.78, 5) is 0. The first kappa shape index (κ1) is 14.2. The lowest BCUT2D eigenvalue weighted by Crippen LogP contribution is -2.34. The number of hydrogen-bond acceptors (Lipinski definition) is 3. The van der Waals surface area contributed by atoms with Crippen molar-refractivity contribution in [2.75, 3.05) is 33.5 Å². The normalized spacial score (nSPS) is 25.9. The van der Waals surface area contributed by atoms with Crippen molar-refractivity contribution in [2.45, 2.75) is 43.5 Å². The molecule has 1 fully saturated rings. The third-order valence-corrected chi connectivity index (χ3v) is 3.42. The van der Waals surface area contributed by atoms with E-state index in [2.05, 4.69) is 5.32 Å². The number of methoxy groups -OCH3 is 1. The van der Waals surface area contributed by atoms with E-state index in [1.165, 1.54) is 12.8 Å². The molecule has 0 spiro atoms. The van der Waals surface area contributed by atoms with Gasteiger partial charge in [-0.25, -0.2) is 0 Å². The first-order valence-corrected chi connectivity index (χ1v) is 6.70. The van der Waals surface area contributed by atoms with Crippen molar-refractivity contribution in [1.82, 2.24) is 5.32 Å². The number of alkyl halides is 1. The Morgan fingerprint density at radius 3 is 2.56 bits per heavy atom. The van der Waals surface area contributed by atoms with E-state index in [1.807, 2.05) is 0 Å². The molecule has 1 rings (SSSR count). The Hall–Kier alpha value is 0.170. The van der Waals surface area contributed by atoms with Crippen molar-refractivity contribution in [1.29, 1.82) is 0 Å². The minimum Gasteiger partial charge on any atom is -0.382 e. The minimum atomic E-state index is 0.412. The highest BCUT2D eigenvalue weighted by Gasteiger charge is 2.18. The Kier molecular flexibility index (Phi) is 8.21. The van der Waals surface area contributed by atoms with Gasteiger partial charge in [-0.15, -0.1) is 11.6 Å². The van der Waals surface area contributed by atoms with E-state index in [9.17, 15) is 0 Å². The molecule has 1 saturated carbocycles. The molecular weight excluding hydrogens is 226 g/mol. The zero-order valence-corrected chi connectivity index (χ0v) is 11.0. The zero-order chi connectivity index (χ0) is 11.6. The van der Waals surface area contributed by atoms with Crippen LogP contribution in [0.15, 0.2) is 0 Å².